The Morgan fingerprint density at radius 3 is 2.38 bits per heavy atom. The lowest BCUT2D eigenvalue weighted by Crippen LogP contribution is -2.52. The van der Waals surface area contributed by atoms with Crippen LogP contribution in [0.15, 0.2) is 11.6 Å². The van der Waals surface area contributed by atoms with Crippen LogP contribution in [-0.4, -0.2) is 11.3 Å². The number of hydrogen-bond donors (Lipinski definition) is 1. The summed E-state index contributed by atoms with van der Waals surface area (Å²) in [7, 11) is 0. The number of allylic oxidation sites excluding steroid dienone is 2. The Kier molecular flexibility index (Phi) is 3.95. The predicted molar refractivity (Wildman–Crippen MR) is 68.2 cm³/mol. The molecule has 0 radical (unpaired) electrons. The fourth-order valence-electron chi connectivity index (χ4n) is 1.92. The zero-order valence-electron chi connectivity index (χ0n) is 11.1. The van der Waals surface area contributed by atoms with Gasteiger partial charge in [-0.1, -0.05) is 26.3 Å². The maximum atomic E-state index is 12.5. The van der Waals surface area contributed by atoms with E-state index in [0.29, 0.717) is 0 Å². The van der Waals surface area contributed by atoms with Gasteiger partial charge < -0.3 is 5.73 Å². The van der Waals surface area contributed by atoms with Crippen LogP contribution in [0.3, 0.4) is 0 Å². The van der Waals surface area contributed by atoms with Gasteiger partial charge in [0.1, 0.15) is 0 Å². The maximum absolute atomic E-state index is 12.5. The summed E-state index contributed by atoms with van der Waals surface area (Å²) >= 11 is 0. The molecule has 16 heavy (non-hydrogen) atoms. The van der Waals surface area contributed by atoms with Crippen LogP contribution in [-0.2, 0) is 4.79 Å². The van der Waals surface area contributed by atoms with Gasteiger partial charge in [-0.25, -0.2) is 0 Å². The smallest absolute Gasteiger partial charge is 0.165 e. The van der Waals surface area contributed by atoms with Crippen molar-refractivity contribution in [1.82, 2.24) is 0 Å². The molecular weight excluding hydrogens is 198 g/mol. The highest BCUT2D eigenvalue weighted by molar-refractivity contribution is 6.00. The van der Waals surface area contributed by atoms with Gasteiger partial charge in [-0.15, -0.1) is 0 Å². The van der Waals surface area contributed by atoms with E-state index in [1.807, 2.05) is 27.7 Å². The average molecular weight is 223 g/mol. The summed E-state index contributed by atoms with van der Waals surface area (Å²) in [5.41, 5.74) is 6.15. The topological polar surface area (TPSA) is 43.1 Å². The minimum absolute atomic E-state index is 0.238. The molecule has 0 heterocycles. The summed E-state index contributed by atoms with van der Waals surface area (Å²) in [5, 5.41) is 0. The van der Waals surface area contributed by atoms with Gasteiger partial charge in [-0.3, -0.25) is 4.79 Å². The third-order valence-corrected chi connectivity index (χ3v) is 4.01. The molecule has 0 amide bonds. The van der Waals surface area contributed by atoms with Crippen molar-refractivity contribution >= 4 is 5.78 Å². The molecule has 0 bridgehead atoms. The molecule has 0 fully saturated rings. The van der Waals surface area contributed by atoms with Crippen LogP contribution in [0, 0.1) is 5.41 Å². The highest BCUT2D eigenvalue weighted by Crippen LogP contribution is 2.34. The van der Waals surface area contributed by atoms with Gasteiger partial charge in [0.25, 0.3) is 0 Å². The quantitative estimate of drug-likeness (QED) is 0.798. The van der Waals surface area contributed by atoms with E-state index in [4.69, 9.17) is 5.73 Å². The van der Waals surface area contributed by atoms with Crippen molar-refractivity contribution in [3.05, 3.63) is 11.6 Å². The third-order valence-electron chi connectivity index (χ3n) is 4.01. The molecule has 0 aliphatic heterocycles. The van der Waals surface area contributed by atoms with E-state index in [2.05, 4.69) is 6.08 Å². The van der Waals surface area contributed by atoms with Crippen molar-refractivity contribution < 1.29 is 4.79 Å². The number of carbonyl (C=O) groups excluding carboxylic acids is 1. The fraction of sp³-hybridized carbons (Fsp3) is 0.786. The van der Waals surface area contributed by atoms with Crippen molar-refractivity contribution in [2.75, 3.05) is 0 Å². The van der Waals surface area contributed by atoms with E-state index in [9.17, 15) is 4.79 Å². The lowest BCUT2D eigenvalue weighted by atomic mass is 9.69. The highest BCUT2D eigenvalue weighted by atomic mass is 16.1. The van der Waals surface area contributed by atoms with Crippen LogP contribution in [0.4, 0.5) is 0 Å². The van der Waals surface area contributed by atoms with Crippen LogP contribution in [0.5, 0.6) is 0 Å². The Morgan fingerprint density at radius 1 is 1.19 bits per heavy atom. The molecule has 1 aliphatic rings. The van der Waals surface area contributed by atoms with E-state index in [0.717, 1.165) is 24.8 Å². The first kappa shape index (κ1) is 13.4. The second-order valence-corrected chi connectivity index (χ2v) is 6.00. The lowest BCUT2D eigenvalue weighted by Gasteiger charge is -2.37. The molecule has 92 valence electrons. The summed E-state index contributed by atoms with van der Waals surface area (Å²) in [6.45, 7) is 7.78. The third kappa shape index (κ3) is 2.73. The molecule has 1 aliphatic carbocycles. The summed E-state index contributed by atoms with van der Waals surface area (Å²) in [6.07, 6.45) is 7.69. The number of Topliss-reactive ketones (excluding diaryl/α,β-unsaturated/α-hetero) is 1. The SMILES string of the molecule is CC(C)(N)C(C)(C)C(=O)C1=CCCCCC1. The van der Waals surface area contributed by atoms with E-state index >= 15 is 0 Å². The van der Waals surface area contributed by atoms with Crippen LogP contribution in [0.25, 0.3) is 0 Å². The molecule has 0 aromatic rings. The molecule has 2 heteroatoms. The number of carbonyl (C=O) groups is 1. The Hall–Kier alpha value is -0.630. The van der Waals surface area contributed by atoms with Crippen molar-refractivity contribution in [3.63, 3.8) is 0 Å². The van der Waals surface area contributed by atoms with Gasteiger partial charge in [0.05, 0.1) is 0 Å². The summed E-state index contributed by atoms with van der Waals surface area (Å²) < 4.78 is 0. The largest absolute Gasteiger partial charge is 0.325 e. The van der Waals surface area contributed by atoms with E-state index in [-0.39, 0.29) is 5.78 Å². The highest BCUT2D eigenvalue weighted by Gasteiger charge is 2.41. The Bertz CT molecular complexity index is 294. The molecule has 2 nitrogen and oxygen atoms in total. The number of nitrogens with two attached hydrogens (primary N) is 1. The van der Waals surface area contributed by atoms with Crippen LogP contribution in [0.2, 0.25) is 0 Å². The first-order chi connectivity index (χ1) is 7.27. The first-order valence-electron chi connectivity index (χ1n) is 6.29. The zero-order chi connectivity index (χ0) is 12.4. The molecule has 2 N–H and O–H groups in total. The van der Waals surface area contributed by atoms with Crippen molar-refractivity contribution in [2.24, 2.45) is 11.1 Å². The minimum Gasteiger partial charge on any atom is -0.325 e. The second-order valence-electron chi connectivity index (χ2n) is 6.00. The second kappa shape index (κ2) is 4.70. The molecule has 1 rings (SSSR count). The first-order valence-corrected chi connectivity index (χ1v) is 6.29. The van der Waals surface area contributed by atoms with Gasteiger partial charge in [0.2, 0.25) is 0 Å². The monoisotopic (exact) mass is 223 g/mol. The molecule has 0 aromatic carbocycles. The Balaban J connectivity index is 2.88. The minimum atomic E-state index is -0.483. The molecule has 0 saturated heterocycles. The molecule has 0 aromatic heterocycles. The van der Waals surface area contributed by atoms with Gasteiger partial charge in [0.15, 0.2) is 5.78 Å². The van der Waals surface area contributed by atoms with E-state index in [1.54, 1.807) is 0 Å². The average Bonchev–Trinajstić information content (AvgIpc) is 2.42. The lowest BCUT2D eigenvalue weighted by molar-refractivity contribution is -0.126. The Morgan fingerprint density at radius 2 is 1.81 bits per heavy atom. The van der Waals surface area contributed by atoms with Crippen LogP contribution in [0.1, 0.15) is 59.8 Å². The summed E-state index contributed by atoms with van der Waals surface area (Å²) in [6, 6.07) is 0. The fourth-order valence-corrected chi connectivity index (χ4v) is 1.92. The van der Waals surface area contributed by atoms with Crippen molar-refractivity contribution in [3.8, 4) is 0 Å². The van der Waals surface area contributed by atoms with Crippen LogP contribution < -0.4 is 5.73 Å². The summed E-state index contributed by atoms with van der Waals surface area (Å²) in [4.78, 5) is 12.5. The van der Waals surface area contributed by atoms with E-state index < -0.39 is 11.0 Å². The number of hydrogen-bond acceptors (Lipinski definition) is 2. The normalized spacial score (nSPS) is 18.9. The van der Waals surface area contributed by atoms with Gasteiger partial charge >= 0.3 is 0 Å². The standard InChI is InChI=1S/C14H25NO/c1-13(2,14(3,4)15)12(16)11-9-7-5-6-8-10-11/h9H,5-8,10,15H2,1-4H3. The van der Waals surface area contributed by atoms with Crippen molar-refractivity contribution in [1.29, 1.82) is 0 Å². The zero-order valence-corrected chi connectivity index (χ0v) is 11.1. The van der Waals surface area contributed by atoms with Crippen molar-refractivity contribution in [2.45, 2.75) is 65.3 Å². The summed E-state index contributed by atoms with van der Waals surface area (Å²) in [5.74, 6) is 0.238. The molecular formula is C14H25NO. The predicted octanol–water partition coefficient (Wildman–Crippen LogP) is 3.21. The number of rotatable bonds is 3. The van der Waals surface area contributed by atoms with Gasteiger partial charge in [-0.2, -0.15) is 0 Å². The maximum Gasteiger partial charge on any atom is 0.165 e. The van der Waals surface area contributed by atoms with E-state index in [1.165, 1.54) is 12.8 Å². The number of ketones is 1. The van der Waals surface area contributed by atoms with Gasteiger partial charge in [0, 0.05) is 11.0 Å². The molecule has 0 unspecified atom stereocenters. The molecule has 0 spiro atoms. The Labute approximate surface area is 99.3 Å². The van der Waals surface area contributed by atoms with Gasteiger partial charge in [-0.05, 0) is 45.1 Å². The molecule has 0 saturated carbocycles. The van der Waals surface area contributed by atoms with Crippen LogP contribution >= 0.6 is 0 Å². The molecule has 0 atom stereocenters.